The number of rotatable bonds is 11. The molecule has 0 aliphatic heterocycles. The molecule has 4 heteroatoms. The van der Waals surface area contributed by atoms with Crippen LogP contribution in [0.4, 0.5) is 34.1 Å². The fourth-order valence-corrected chi connectivity index (χ4v) is 14.3. The maximum absolute atomic E-state index is 7.36. The Morgan fingerprint density at radius 3 is 1.27 bits per heavy atom. The van der Waals surface area contributed by atoms with Crippen LogP contribution in [0.25, 0.3) is 76.2 Å². The summed E-state index contributed by atoms with van der Waals surface area (Å²) < 4.78 is 14.7. The van der Waals surface area contributed by atoms with Crippen LogP contribution >= 0.6 is 0 Å². The van der Waals surface area contributed by atoms with Crippen molar-refractivity contribution in [1.29, 1.82) is 0 Å². The van der Waals surface area contributed by atoms with Gasteiger partial charge in [-0.25, -0.2) is 0 Å². The number of fused-ring (bicyclic) bond motifs is 6. The SMILES string of the molecule is CCc1cccc(N(c2cc(C(C)C)c3ccc4c(N(c5cccc(C)c5)c5cccc6c5oc5c(C7CCCCC7)cccc56)cc(C(C)C)c5ccc2c3c54)c2cccc3c2oc2c(C4CCCCC4)cccc23)c1. The van der Waals surface area contributed by atoms with Crippen LogP contribution < -0.4 is 9.80 Å². The van der Waals surface area contributed by atoms with E-state index in [0.29, 0.717) is 11.8 Å². The molecule has 2 saturated carbocycles. The van der Waals surface area contributed by atoms with Gasteiger partial charge in [0.25, 0.3) is 0 Å². The molecular formula is C73H70N2O2. The van der Waals surface area contributed by atoms with Gasteiger partial charge in [0.2, 0.25) is 0 Å². The summed E-state index contributed by atoms with van der Waals surface area (Å²) >= 11 is 0. The first-order valence-electron chi connectivity index (χ1n) is 29.2. The fourth-order valence-electron chi connectivity index (χ4n) is 14.3. The van der Waals surface area contributed by atoms with Gasteiger partial charge in [0.1, 0.15) is 11.2 Å². The normalized spacial score (nSPS) is 15.1. The Hall–Kier alpha value is -7.56. The van der Waals surface area contributed by atoms with Crippen LogP contribution in [-0.4, -0.2) is 0 Å². The van der Waals surface area contributed by atoms with Crippen LogP contribution in [0, 0.1) is 6.92 Å². The van der Waals surface area contributed by atoms with E-state index in [-0.39, 0.29) is 11.8 Å². The third-order valence-corrected chi connectivity index (χ3v) is 18.1. The molecule has 0 atom stereocenters. The zero-order chi connectivity index (χ0) is 52.1. The Balaban J connectivity index is 1.06. The van der Waals surface area contributed by atoms with Gasteiger partial charge in [0, 0.05) is 43.7 Å². The van der Waals surface area contributed by atoms with E-state index in [1.807, 2.05) is 0 Å². The highest BCUT2D eigenvalue weighted by atomic mass is 16.3. The van der Waals surface area contributed by atoms with Crippen LogP contribution in [0.2, 0.25) is 0 Å². The van der Waals surface area contributed by atoms with E-state index in [4.69, 9.17) is 8.83 Å². The minimum absolute atomic E-state index is 0.249. The van der Waals surface area contributed by atoms with Crippen molar-refractivity contribution in [1.82, 2.24) is 0 Å². The smallest absolute Gasteiger partial charge is 0.159 e. The maximum Gasteiger partial charge on any atom is 0.159 e. The molecule has 2 aliphatic carbocycles. The number of hydrogen-bond donors (Lipinski definition) is 0. The van der Waals surface area contributed by atoms with Gasteiger partial charge in [0.15, 0.2) is 11.2 Å². The minimum atomic E-state index is 0.249. The van der Waals surface area contributed by atoms with Gasteiger partial charge < -0.3 is 18.6 Å². The molecule has 384 valence electrons. The number of aryl methyl sites for hydroxylation is 2. The van der Waals surface area contributed by atoms with Gasteiger partial charge in [-0.1, -0.05) is 182 Å². The largest absolute Gasteiger partial charge is 0.454 e. The molecule has 0 N–H and O–H groups in total. The van der Waals surface area contributed by atoms with Crippen molar-refractivity contribution in [3.8, 4) is 0 Å². The molecule has 4 nitrogen and oxygen atoms in total. The number of para-hydroxylation sites is 4. The molecule has 2 aromatic heterocycles. The first-order chi connectivity index (χ1) is 37.7. The summed E-state index contributed by atoms with van der Waals surface area (Å²) in [5.41, 5.74) is 18.6. The van der Waals surface area contributed by atoms with Crippen LogP contribution in [0.1, 0.15) is 156 Å². The molecule has 2 fully saturated rings. The molecule has 0 unspecified atom stereocenters. The summed E-state index contributed by atoms with van der Waals surface area (Å²) in [7, 11) is 0. The lowest BCUT2D eigenvalue weighted by Gasteiger charge is -2.31. The van der Waals surface area contributed by atoms with E-state index in [1.54, 1.807) is 0 Å². The second-order valence-corrected chi connectivity index (χ2v) is 23.5. The average molecular weight is 1010 g/mol. The fraction of sp³-hybridized carbons (Fsp3) is 0.288. The average Bonchev–Trinajstić information content (AvgIpc) is 4.09. The van der Waals surface area contributed by atoms with E-state index in [9.17, 15) is 0 Å². The van der Waals surface area contributed by atoms with Crippen molar-refractivity contribution in [2.45, 2.75) is 136 Å². The molecule has 0 bridgehead atoms. The number of benzene rings is 10. The van der Waals surface area contributed by atoms with E-state index in [1.165, 1.54) is 146 Å². The predicted molar refractivity (Wildman–Crippen MR) is 328 cm³/mol. The quantitative estimate of drug-likeness (QED) is 0.121. The highest BCUT2D eigenvalue weighted by molar-refractivity contribution is 6.30. The van der Waals surface area contributed by atoms with Gasteiger partial charge in [0.05, 0.1) is 22.7 Å². The van der Waals surface area contributed by atoms with Crippen molar-refractivity contribution >= 4 is 110 Å². The predicted octanol–water partition coefficient (Wildman–Crippen LogP) is 22.5. The Labute approximate surface area is 453 Å². The van der Waals surface area contributed by atoms with Crippen molar-refractivity contribution in [3.05, 3.63) is 191 Å². The molecular weight excluding hydrogens is 937 g/mol. The zero-order valence-electron chi connectivity index (χ0n) is 45.8. The van der Waals surface area contributed by atoms with Gasteiger partial charge in [-0.2, -0.15) is 0 Å². The van der Waals surface area contributed by atoms with E-state index < -0.39 is 0 Å². The van der Waals surface area contributed by atoms with Gasteiger partial charge in [-0.3, -0.25) is 0 Å². The highest BCUT2D eigenvalue weighted by Gasteiger charge is 2.30. The second-order valence-electron chi connectivity index (χ2n) is 23.5. The van der Waals surface area contributed by atoms with Crippen molar-refractivity contribution < 1.29 is 8.83 Å². The van der Waals surface area contributed by atoms with Crippen LogP contribution in [0.15, 0.2) is 167 Å². The van der Waals surface area contributed by atoms with E-state index >= 15 is 0 Å². The van der Waals surface area contributed by atoms with Crippen LogP contribution in [-0.2, 0) is 6.42 Å². The number of furan rings is 2. The summed E-state index contributed by atoms with van der Waals surface area (Å²) in [5.74, 6) is 1.54. The van der Waals surface area contributed by atoms with Crippen molar-refractivity contribution in [2.75, 3.05) is 9.80 Å². The molecule has 0 spiro atoms. The second kappa shape index (κ2) is 19.2. The van der Waals surface area contributed by atoms with Crippen LogP contribution in [0.5, 0.6) is 0 Å². The van der Waals surface area contributed by atoms with Gasteiger partial charge >= 0.3 is 0 Å². The molecule has 2 heterocycles. The summed E-state index contributed by atoms with van der Waals surface area (Å²) in [6.07, 6.45) is 13.6. The first kappa shape index (κ1) is 47.9. The minimum Gasteiger partial charge on any atom is -0.454 e. The first-order valence-corrected chi connectivity index (χ1v) is 29.2. The topological polar surface area (TPSA) is 32.8 Å². The summed E-state index contributed by atoms with van der Waals surface area (Å²) in [5, 5.41) is 12.4. The lowest BCUT2D eigenvalue weighted by molar-refractivity contribution is 0.442. The Kier molecular flexibility index (Phi) is 11.9. The monoisotopic (exact) mass is 1010 g/mol. The Bertz CT molecular complexity index is 4210. The molecule has 10 aromatic carbocycles. The van der Waals surface area contributed by atoms with Crippen LogP contribution in [0.3, 0.4) is 0 Å². The summed E-state index contributed by atoms with van der Waals surface area (Å²) in [6, 6.07) is 60.3. The number of nitrogens with zero attached hydrogens (tertiary/aromatic N) is 2. The van der Waals surface area contributed by atoms with E-state index in [0.717, 1.165) is 68.3 Å². The summed E-state index contributed by atoms with van der Waals surface area (Å²) in [4.78, 5) is 5.06. The highest BCUT2D eigenvalue weighted by Crippen LogP contribution is 2.54. The lowest BCUT2D eigenvalue weighted by Crippen LogP contribution is -2.13. The Morgan fingerprint density at radius 1 is 0.403 bits per heavy atom. The molecule has 12 aromatic rings. The molecule has 0 amide bonds. The molecule has 2 aliphatic rings. The third-order valence-electron chi connectivity index (χ3n) is 18.1. The standard InChI is InChI=1S/C73H70N2O2/c1-7-47-21-15-27-51(41-47)75(65-35-19-33-59-57-31-17-29-53(71(57)77-73(59)65)49-24-12-9-13-25-49)67-43-63(45(4)5)55-36-38-60-66(42-62(44(2)3)54-37-39-61(67)69(55)68(54)60)74(50-26-14-20-46(6)40-50)64-34-18-32-58-56-30-16-28-52(70(56)76-72(58)64)48-22-10-8-11-23-48/h14-21,26-45,48-49H,7-13,22-25H2,1-6H3. The zero-order valence-corrected chi connectivity index (χ0v) is 45.8. The van der Waals surface area contributed by atoms with Gasteiger partial charge in [-0.05, 0) is 166 Å². The van der Waals surface area contributed by atoms with Crippen molar-refractivity contribution in [2.24, 2.45) is 0 Å². The van der Waals surface area contributed by atoms with Gasteiger partial charge in [-0.15, -0.1) is 0 Å². The Morgan fingerprint density at radius 2 is 0.818 bits per heavy atom. The molecule has 0 radical (unpaired) electrons. The number of hydrogen-bond acceptors (Lipinski definition) is 4. The molecule has 77 heavy (non-hydrogen) atoms. The van der Waals surface area contributed by atoms with E-state index in [2.05, 4.69) is 209 Å². The summed E-state index contributed by atoms with van der Waals surface area (Å²) in [6.45, 7) is 13.9. The molecule has 0 saturated heterocycles. The maximum atomic E-state index is 7.36. The third kappa shape index (κ3) is 7.83. The molecule has 14 rings (SSSR count). The number of anilines is 6. The van der Waals surface area contributed by atoms with Crippen molar-refractivity contribution in [3.63, 3.8) is 0 Å². The lowest BCUT2D eigenvalue weighted by atomic mass is 9.83.